The minimum absolute atomic E-state index is 0.680. The van der Waals surface area contributed by atoms with Crippen molar-refractivity contribution in [2.45, 2.75) is 0 Å². The van der Waals surface area contributed by atoms with Crippen molar-refractivity contribution in [3.63, 3.8) is 0 Å². The summed E-state index contributed by atoms with van der Waals surface area (Å²) in [5, 5.41) is 8.08. The second-order valence-corrected chi connectivity index (χ2v) is 16.4. The highest BCUT2D eigenvalue weighted by Gasteiger charge is 2.20. The third-order valence-corrected chi connectivity index (χ3v) is 12.6. The lowest BCUT2D eigenvalue weighted by atomic mass is 9.97. The summed E-state index contributed by atoms with van der Waals surface area (Å²) in [5.74, 6) is 0.680. The van der Waals surface area contributed by atoms with Crippen molar-refractivity contribution < 1.29 is 4.42 Å². The average Bonchev–Trinajstić information content (AvgIpc) is 3.93. The second-order valence-electron chi connectivity index (χ2n) is 16.4. The lowest BCUT2D eigenvalue weighted by molar-refractivity contribution is 0.669. The molecule has 0 aliphatic rings. The van der Waals surface area contributed by atoms with Gasteiger partial charge in [-0.2, -0.15) is 0 Å². The van der Waals surface area contributed by atoms with Crippen molar-refractivity contribution >= 4 is 65.4 Å². The molecule has 0 saturated carbocycles. The Bertz CT molecular complexity index is 3900. The summed E-state index contributed by atoms with van der Waals surface area (Å²) in [4.78, 5) is 15.7. The van der Waals surface area contributed by atoms with E-state index in [1.54, 1.807) is 0 Å². The largest absolute Gasteiger partial charge is 0.454 e. The van der Waals surface area contributed by atoms with Crippen LogP contribution in [0, 0.1) is 0 Å². The zero-order valence-electron chi connectivity index (χ0n) is 34.5. The number of aromatic nitrogens is 4. The third kappa shape index (κ3) is 5.90. The van der Waals surface area contributed by atoms with Gasteiger partial charge in [-0.25, -0.2) is 15.0 Å². The van der Waals surface area contributed by atoms with E-state index < -0.39 is 0 Å². The number of nitrogens with zero attached hydrogens (tertiary/aromatic N) is 4. The molecule has 13 rings (SSSR count). The zero-order chi connectivity index (χ0) is 42.1. The molecule has 0 amide bonds. The molecule has 13 aromatic rings. The van der Waals surface area contributed by atoms with E-state index >= 15 is 0 Å². The molecule has 5 nitrogen and oxygen atoms in total. The van der Waals surface area contributed by atoms with E-state index in [4.69, 9.17) is 19.4 Å². The minimum atomic E-state index is 0.680. The van der Waals surface area contributed by atoms with E-state index in [2.05, 4.69) is 193 Å². The molecule has 0 aliphatic heterocycles. The molecular formula is C59H36N4O. The number of rotatable bonds is 6. The van der Waals surface area contributed by atoms with Crippen LogP contribution in [0.15, 0.2) is 223 Å². The molecule has 0 saturated heterocycles. The average molecular weight is 817 g/mol. The van der Waals surface area contributed by atoms with Gasteiger partial charge >= 0.3 is 0 Å². The summed E-state index contributed by atoms with van der Waals surface area (Å²) in [6, 6.07) is 76.7. The number of hydrogen-bond donors (Lipinski definition) is 0. The van der Waals surface area contributed by atoms with Crippen LogP contribution in [0.2, 0.25) is 0 Å². The maximum absolute atomic E-state index is 6.64. The molecule has 64 heavy (non-hydrogen) atoms. The van der Waals surface area contributed by atoms with Gasteiger partial charge in [0.05, 0.1) is 27.9 Å². The molecule has 0 N–H and O–H groups in total. The van der Waals surface area contributed by atoms with Crippen LogP contribution < -0.4 is 0 Å². The van der Waals surface area contributed by atoms with E-state index in [0.29, 0.717) is 5.82 Å². The fourth-order valence-corrected chi connectivity index (χ4v) is 9.51. The maximum atomic E-state index is 6.64. The molecule has 298 valence electrons. The molecule has 0 atom stereocenters. The lowest BCUT2D eigenvalue weighted by Gasteiger charge is -2.13. The van der Waals surface area contributed by atoms with Crippen LogP contribution in [0.5, 0.6) is 0 Å². The molecule has 0 aliphatic carbocycles. The van der Waals surface area contributed by atoms with E-state index in [-0.39, 0.29) is 0 Å². The van der Waals surface area contributed by atoms with Gasteiger partial charge in [0.1, 0.15) is 11.3 Å². The van der Waals surface area contributed by atoms with Crippen molar-refractivity contribution in [2.75, 3.05) is 0 Å². The normalized spacial score (nSPS) is 11.8. The molecule has 5 heteroatoms. The smallest absolute Gasteiger partial charge is 0.162 e. The Morgan fingerprint density at radius 2 is 0.953 bits per heavy atom. The van der Waals surface area contributed by atoms with Crippen LogP contribution in [-0.4, -0.2) is 19.5 Å². The summed E-state index contributed by atoms with van der Waals surface area (Å²) in [5.41, 5.74) is 14.7. The second kappa shape index (κ2) is 14.5. The van der Waals surface area contributed by atoms with Crippen LogP contribution in [0.3, 0.4) is 0 Å². The van der Waals surface area contributed by atoms with Gasteiger partial charge in [0, 0.05) is 54.9 Å². The maximum Gasteiger partial charge on any atom is 0.162 e. The van der Waals surface area contributed by atoms with Crippen LogP contribution in [0.1, 0.15) is 0 Å². The highest BCUT2D eigenvalue weighted by molar-refractivity contribution is 6.22. The Morgan fingerprint density at radius 3 is 1.73 bits per heavy atom. The first-order valence-corrected chi connectivity index (χ1v) is 21.6. The first-order valence-electron chi connectivity index (χ1n) is 21.6. The summed E-state index contributed by atoms with van der Waals surface area (Å²) in [7, 11) is 0. The van der Waals surface area contributed by atoms with Crippen molar-refractivity contribution in [3.8, 4) is 62.0 Å². The molecular weight excluding hydrogens is 781 g/mol. The molecule has 4 heterocycles. The van der Waals surface area contributed by atoms with Crippen molar-refractivity contribution in [1.82, 2.24) is 19.5 Å². The number of fused-ring (bicyclic) bond motifs is 9. The monoisotopic (exact) mass is 816 g/mol. The third-order valence-electron chi connectivity index (χ3n) is 12.6. The predicted octanol–water partition coefficient (Wildman–Crippen LogP) is 15.5. The predicted molar refractivity (Wildman–Crippen MR) is 264 cm³/mol. The van der Waals surface area contributed by atoms with Crippen LogP contribution in [0.4, 0.5) is 0 Å². The number of para-hydroxylation sites is 3. The van der Waals surface area contributed by atoms with Crippen LogP contribution in [0.25, 0.3) is 127 Å². The van der Waals surface area contributed by atoms with Crippen molar-refractivity contribution in [2.24, 2.45) is 0 Å². The van der Waals surface area contributed by atoms with Crippen molar-refractivity contribution in [1.29, 1.82) is 0 Å². The van der Waals surface area contributed by atoms with Gasteiger partial charge in [0.2, 0.25) is 0 Å². The Hall–Kier alpha value is -8.67. The zero-order valence-corrected chi connectivity index (χ0v) is 34.5. The SMILES string of the molecule is c1ccc(-c2nc(-c3ccc(-c4cccc(-c5nc6cc7ccccc7cc6c6c5oc5ccccc56)c4)cc3)cc(-c3cccc(-n4c5ccccc5c5ccccc54)c3)n2)cc1. The Morgan fingerprint density at radius 1 is 0.359 bits per heavy atom. The van der Waals surface area contributed by atoms with Gasteiger partial charge in [-0.15, -0.1) is 0 Å². The molecule has 0 fully saturated rings. The molecule has 9 aromatic carbocycles. The van der Waals surface area contributed by atoms with Gasteiger partial charge in [-0.05, 0) is 76.5 Å². The number of hydrogen-bond acceptors (Lipinski definition) is 4. The highest BCUT2D eigenvalue weighted by atomic mass is 16.3. The topological polar surface area (TPSA) is 56.7 Å². The Kier molecular flexibility index (Phi) is 8.15. The molecule has 0 spiro atoms. The summed E-state index contributed by atoms with van der Waals surface area (Å²) >= 11 is 0. The first kappa shape index (κ1) is 36.0. The minimum Gasteiger partial charge on any atom is -0.454 e. The lowest BCUT2D eigenvalue weighted by Crippen LogP contribution is -1.98. The summed E-state index contributed by atoms with van der Waals surface area (Å²) in [6.07, 6.45) is 0. The van der Waals surface area contributed by atoms with Gasteiger partial charge in [0.15, 0.2) is 11.4 Å². The van der Waals surface area contributed by atoms with E-state index in [1.165, 1.54) is 27.2 Å². The molecule has 0 bridgehead atoms. The number of pyridine rings is 1. The molecule has 4 aromatic heterocycles. The number of furan rings is 1. The van der Waals surface area contributed by atoms with E-state index in [1.807, 2.05) is 30.3 Å². The standard InChI is InChI=1S/C59H36N4O/c1-2-14-39(15-3-1)59-61-50(36-51(62-59)43-19-13-21-45(33-43)63-53-25-9-6-22-46(53)47-23-7-10-26-54(47)63)38-30-28-37(29-31-38)40-18-12-20-44(32-40)57-58-56(48-24-8-11-27-55(48)64-58)49-34-41-16-4-5-17-42(41)35-52(49)60-57/h1-36H. The summed E-state index contributed by atoms with van der Waals surface area (Å²) in [6.45, 7) is 0. The fourth-order valence-electron chi connectivity index (χ4n) is 9.51. The first-order chi connectivity index (χ1) is 31.7. The van der Waals surface area contributed by atoms with Crippen molar-refractivity contribution in [3.05, 3.63) is 218 Å². The van der Waals surface area contributed by atoms with Gasteiger partial charge in [-0.1, -0.05) is 164 Å². The molecule has 0 unspecified atom stereocenters. The van der Waals surface area contributed by atoms with Crippen LogP contribution in [-0.2, 0) is 0 Å². The number of benzene rings is 9. The van der Waals surface area contributed by atoms with E-state index in [0.717, 1.165) is 94.4 Å². The molecule has 0 radical (unpaired) electrons. The van der Waals surface area contributed by atoms with Gasteiger partial charge in [0.25, 0.3) is 0 Å². The Labute approximate surface area is 368 Å². The van der Waals surface area contributed by atoms with Gasteiger partial charge < -0.3 is 8.98 Å². The quantitative estimate of drug-likeness (QED) is 0.157. The van der Waals surface area contributed by atoms with Gasteiger partial charge in [-0.3, -0.25) is 0 Å². The van der Waals surface area contributed by atoms with E-state index in [9.17, 15) is 0 Å². The van der Waals surface area contributed by atoms with Crippen LogP contribution >= 0.6 is 0 Å². The highest BCUT2D eigenvalue weighted by Crippen LogP contribution is 2.41. The Balaban J connectivity index is 0.901. The summed E-state index contributed by atoms with van der Waals surface area (Å²) < 4.78 is 8.98. The fraction of sp³-hybridized carbons (Fsp3) is 0.